The largest absolute Gasteiger partial charge is 0.383 e. The number of nitrogens with zero attached hydrogens (tertiary/aromatic N) is 2. The summed E-state index contributed by atoms with van der Waals surface area (Å²) in [6.45, 7) is 4.94. The second-order valence-corrected chi connectivity index (χ2v) is 6.03. The number of nitrogen functional groups attached to an aromatic ring is 1. The summed E-state index contributed by atoms with van der Waals surface area (Å²) >= 11 is 1.68. The standard InChI is InChI=1S/C14H23N5OS/c1-4-6-9(8-20-3)16-12-11-7-10(5-2)21-13(11)18-14(17-12)19-15/h7,9H,4-6,8,15H2,1-3H3,(H2,16,17,18,19). The Kier molecular flexibility index (Phi) is 5.72. The molecule has 2 aromatic rings. The lowest BCUT2D eigenvalue weighted by atomic mass is 10.2. The highest BCUT2D eigenvalue weighted by Gasteiger charge is 2.14. The number of rotatable bonds is 8. The Morgan fingerprint density at radius 1 is 1.38 bits per heavy atom. The molecule has 1 atom stereocenters. The number of nitrogens with one attached hydrogen (secondary N) is 2. The first-order valence-electron chi connectivity index (χ1n) is 7.24. The minimum atomic E-state index is 0.230. The highest BCUT2D eigenvalue weighted by molar-refractivity contribution is 7.18. The van der Waals surface area contributed by atoms with E-state index >= 15 is 0 Å². The first kappa shape index (κ1) is 15.9. The predicted molar refractivity (Wildman–Crippen MR) is 88.8 cm³/mol. The summed E-state index contributed by atoms with van der Waals surface area (Å²) in [6.07, 6.45) is 3.10. The van der Waals surface area contributed by atoms with E-state index in [0.717, 1.165) is 35.3 Å². The van der Waals surface area contributed by atoms with E-state index in [1.165, 1.54) is 4.88 Å². The minimum absolute atomic E-state index is 0.230. The monoisotopic (exact) mass is 309 g/mol. The molecular formula is C14H23N5OS. The zero-order valence-corrected chi connectivity index (χ0v) is 13.6. The van der Waals surface area contributed by atoms with Gasteiger partial charge in [0, 0.05) is 12.0 Å². The molecule has 116 valence electrons. The lowest BCUT2D eigenvalue weighted by Crippen LogP contribution is -2.25. The molecule has 0 bridgehead atoms. The number of aromatic nitrogens is 2. The lowest BCUT2D eigenvalue weighted by Gasteiger charge is -2.18. The third kappa shape index (κ3) is 3.81. The highest BCUT2D eigenvalue weighted by atomic mass is 32.1. The Morgan fingerprint density at radius 3 is 2.81 bits per heavy atom. The molecule has 0 aliphatic rings. The number of thiophene rings is 1. The van der Waals surface area contributed by atoms with Crippen LogP contribution >= 0.6 is 11.3 Å². The van der Waals surface area contributed by atoms with Gasteiger partial charge in [-0.15, -0.1) is 11.3 Å². The van der Waals surface area contributed by atoms with Gasteiger partial charge in [-0.1, -0.05) is 20.3 Å². The van der Waals surface area contributed by atoms with Gasteiger partial charge in [0.1, 0.15) is 10.6 Å². The quantitative estimate of drug-likeness (QED) is 0.513. The Balaban J connectivity index is 2.37. The Hall–Kier alpha value is -1.44. The van der Waals surface area contributed by atoms with E-state index in [-0.39, 0.29) is 6.04 Å². The van der Waals surface area contributed by atoms with Crippen LogP contribution in [0.25, 0.3) is 10.2 Å². The summed E-state index contributed by atoms with van der Waals surface area (Å²) in [5.74, 6) is 6.73. The van der Waals surface area contributed by atoms with Crippen LogP contribution in [0.3, 0.4) is 0 Å². The molecule has 21 heavy (non-hydrogen) atoms. The van der Waals surface area contributed by atoms with Crippen molar-refractivity contribution in [3.05, 3.63) is 10.9 Å². The molecule has 0 spiro atoms. The highest BCUT2D eigenvalue weighted by Crippen LogP contribution is 2.30. The minimum Gasteiger partial charge on any atom is -0.383 e. The van der Waals surface area contributed by atoms with Crippen molar-refractivity contribution in [3.8, 4) is 0 Å². The number of anilines is 2. The number of ether oxygens (including phenoxy) is 1. The fraction of sp³-hybridized carbons (Fsp3) is 0.571. The van der Waals surface area contributed by atoms with Crippen LogP contribution in [0.4, 0.5) is 11.8 Å². The molecule has 2 heterocycles. The molecule has 4 N–H and O–H groups in total. The maximum absolute atomic E-state index is 5.47. The van der Waals surface area contributed by atoms with Crippen molar-refractivity contribution in [2.75, 3.05) is 24.5 Å². The molecule has 0 saturated heterocycles. The van der Waals surface area contributed by atoms with Gasteiger partial charge in [0.25, 0.3) is 0 Å². The number of nitrogens with two attached hydrogens (primary N) is 1. The Labute approximate surface area is 129 Å². The summed E-state index contributed by atoms with van der Waals surface area (Å²) in [5, 5.41) is 4.52. The van der Waals surface area contributed by atoms with Crippen molar-refractivity contribution < 1.29 is 4.74 Å². The van der Waals surface area contributed by atoms with Crippen LogP contribution in [-0.2, 0) is 11.2 Å². The van der Waals surface area contributed by atoms with Gasteiger partial charge < -0.3 is 10.1 Å². The molecule has 0 radical (unpaired) electrons. The molecular weight excluding hydrogens is 286 g/mol. The Bertz CT molecular complexity index is 580. The van der Waals surface area contributed by atoms with E-state index in [4.69, 9.17) is 10.6 Å². The van der Waals surface area contributed by atoms with Gasteiger partial charge >= 0.3 is 0 Å². The molecule has 0 fully saturated rings. The van der Waals surface area contributed by atoms with Crippen molar-refractivity contribution in [2.45, 2.75) is 39.2 Å². The molecule has 0 amide bonds. The SMILES string of the molecule is CCCC(COC)Nc1nc(NN)nc2sc(CC)cc12. The number of hydrazine groups is 1. The first-order chi connectivity index (χ1) is 10.2. The van der Waals surface area contributed by atoms with Crippen LogP contribution in [0.2, 0.25) is 0 Å². The van der Waals surface area contributed by atoms with Gasteiger partial charge in [-0.3, -0.25) is 5.43 Å². The molecule has 0 aliphatic carbocycles. The second-order valence-electron chi connectivity index (χ2n) is 4.91. The van der Waals surface area contributed by atoms with E-state index in [1.807, 2.05) is 0 Å². The van der Waals surface area contributed by atoms with Crippen LogP contribution in [0, 0.1) is 0 Å². The molecule has 0 aromatic carbocycles. The first-order valence-corrected chi connectivity index (χ1v) is 8.06. The van der Waals surface area contributed by atoms with E-state index < -0.39 is 0 Å². The number of methoxy groups -OCH3 is 1. The number of aryl methyl sites for hydroxylation is 1. The van der Waals surface area contributed by atoms with Crippen molar-refractivity contribution in [2.24, 2.45) is 5.84 Å². The average Bonchev–Trinajstić information content (AvgIpc) is 2.91. The smallest absolute Gasteiger partial charge is 0.240 e. The van der Waals surface area contributed by atoms with E-state index in [0.29, 0.717) is 12.6 Å². The number of fused-ring (bicyclic) bond motifs is 1. The molecule has 0 saturated carbocycles. The van der Waals surface area contributed by atoms with Crippen molar-refractivity contribution in [1.29, 1.82) is 0 Å². The fourth-order valence-corrected chi connectivity index (χ4v) is 3.23. The zero-order valence-electron chi connectivity index (χ0n) is 12.8. The van der Waals surface area contributed by atoms with Crippen molar-refractivity contribution >= 4 is 33.3 Å². The van der Waals surface area contributed by atoms with Crippen LogP contribution < -0.4 is 16.6 Å². The maximum Gasteiger partial charge on any atom is 0.240 e. The second kappa shape index (κ2) is 7.53. The Morgan fingerprint density at radius 2 is 2.19 bits per heavy atom. The van der Waals surface area contributed by atoms with Gasteiger partial charge in [-0.05, 0) is 18.9 Å². The predicted octanol–water partition coefficient (Wildman–Crippen LogP) is 2.77. The van der Waals surface area contributed by atoms with Gasteiger partial charge in [0.2, 0.25) is 5.95 Å². The van der Waals surface area contributed by atoms with Crippen molar-refractivity contribution in [3.63, 3.8) is 0 Å². The summed E-state index contributed by atoms with van der Waals surface area (Å²) in [5.41, 5.74) is 2.54. The normalized spacial score (nSPS) is 12.6. The maximum atomic E-state index is 5.47. The van der Waals surface area contributed by atoms with Crippen LogP contribution in [0.15, 0.2) is 6.07 Å². The molecule has 7 heteroatoms. The van der Waals surface area contributed by atoms with Crippen LogP contribution in [0.1, 0.15) is 31.6 Å². The van der Waals surface area contributed by atoms with Gasteiger partial charge in [-0.25, -0.2) is 10.8 Å². The number of hydrogen-bond donors (Lipinski definition) is 3. The van der Waals surface area contributed by atoms with E-state index in [1.54, 1.807) is 18.4 Å². The van der Waals surface area contributed by atoms with Gasteiger partial charge in [0.05, 0.1) is 18.0 Å². The summed E-state index contributed by atoms with van der Waals surface area (Å²) in [6, 6.07) is 2.38. The topological polar surface area (TPSA) is 85.1 Å². The molecule has 1 unspecified atom stereocenters. The lowest BCUT2D eigenvalue weighted by molar-refractivity contribution is 0.182. The van der Waals surface area contributed by atoms with Gasteiger partial charge in [0.15, 0.2) is 0 Å². The fourth-order valence-electron chi connectivity index (χ4n) is 2.26. The van der Waals surface area contributed by atoms with Gasteiger partial charge in [-0.2, -0.15) is 4.98 Å². The molecule has 0 aliphatic heterocycles. The van der Waals surface area contributed by atoms with E-state index in [2.05, 4.69) is 40.6 Å². The third-order valence-corrected chi connectivity index (χ3v) is 4.44. The van der Waals surface area contributed by atoms with Crippen LogP contribution in [0.5, 0.6) is 0 Å². The molecule has 6 nitrogen and oxygen atoms in total. The van der Waals surface area contributed by atoms with Crippen molar-refractivity contribution in [1.82, 2.24) is 9.97 Å². The average molecular weight is 309 g/mol. The molecule has 2 aromatic heterocycles. The molecule has 2 rings (SSSR count). The van der Waals surface area contributed by atoms with E-state index in [9.17, 15) is 0 Å². The summed E-state index contributed by atoms with van der Waals surface area (Å²) in [4.78, 5) is 11.1. The zero-order chi connectivity index (χ0) is 15.2. The number of hydrogen-bond acceptors (Lipinski definition) is 7. The van der Waals surface area contributed by atoms with Crippen LogP contribution in [-0.4, -0.2) is 29.7 Å². The summed E-state index contributed by atoms with van der Waals surface area (Å²) in [7, 11) is 1.71. The third-order valence-electron chi connectivity index (χ3n) is 3.27. The summed E-state index contributed by atoms with van der Waals surface area (Å²) < 4.78 is 5.28.